The van der Waals surface area contributed by atoms with Crippen LogP contribution in [0.5, 0.6) is 0 Å². The summed E-state index contributed by atoms with van der Waals surface area (Å²) in [6.45, 7) is 6.38. The van der Waals surface area contributed by atoms with Crippen molar-refractivity contribution in [1.82, 2.24) is 19.3 Å². The van der Waals surface area contributed by atoms with Gasteiger partial charge < -0.3 is 9.42 Å². The Labute approximate surface area is 175 Å². The zero-order valence-corrected chi connectivity index (χ0v) is 18.3. The third kappa shape index (κ3) is 4.79. The monoisotopic (exact) mass is 440 g/mol. The van der Waals surface area contributed by atoms with Crippen LogP contribution in [-0.4, -0.2) is 59.3 Å². The summed E-state index contributed by atoms with van der Waals surface area (Å²) in [6, 6.07) is 6.18. The van der Waals surface area contributed by atoms with Gasteiger partial charge in [0, 0.05) is 44.9 Å². The summed E-state index contributed by atoms with van der Waals surface area (Å²) in [4.78, 5) is 18.3. The predicted octanol–water partition coefficient (Wildman–Crippen LogP) is 2.70. The standard InChI is InChI=1S/C19H25ClN4O4S/c1-13(2)19-21-18(22-28-19)9-11-24(14(3)25)15-8-10-23(12-15)29(26,27)17-7-5-4-6-16(17)20/h4-7,13,15H,8-12H2,1-3H3. The van der Waals surface area contributed by atoms with Crippen LogP contribution in [0.25, 0.3) is 0 Å². The van der Waals surface area contributed by atoms with E-state index in [4.69, 9.17) is 16.1 Å². The summed E-state index contributed by atoms with van der Waals surface area (Å²) in [5.74, 6) is 1.13. The molecule has 0 spiro atoms. The Kier molecular flexibility index (Phi) is 6.60. The summed E-state index contributed by atoms with van der Waals surface area (Å²) < 4.78 is 32.5. The van der Waals surface area contributed by atoms with Crippen LogP contribution in [-0.2, 0) is 21.2 Å². The lowest BCUT2D eigenvalue weighted by Crippen LogP contribution is -2.42. The molecule has 1 aliphatic heterocycles. The number of nitrogens with zero attached hydrogens (tertiary/aromatic N) is 4. The SMILES string of the molecule is CC(=O)N(CCc1noc(C(C)C)n1)C1CCN(S(=O)(=O)c2ccccc2Cl)C1. The van der Waals surface area contributed by atoms with Gasteiger partial charge in [0.05, 0.1) is 5.02 Å². The van der Waals surface area contributed by atoms with E-state index in [0.29, 0.717) is 37.6 Å². The maximum absolute atomic E-state index is 12.9. The van der Waals surface area contributed by atoms with Crippen LogP contribution in [0.4, 0.5) is 0 Å². The third-order valence-electron chi connectivity index (χ3n) is 4.98. The highest BCUT2D eigenvalue weighted by atomic mass is 35.5. The lowest BCUT2D eigenvalue weighted by molar-refractivity contribution is -0.130. The summed E-state index contributed by atoms with van der Waals surface area (Å²) >= 11 is 6.09. The minimum atomic E-state index is -3.71. The molecule has 1 unspecified atom stereocenters. The van der Waals surface area contributed by atoms with E-state index < -0.39 is 10.0 Å². The molecule has 0 saturated carbocycles. The van der Waals surface area contributed by atoms with Crippen molar-refractivity contribution < 1.29 is 17.7 Å². The van der Waals surface area contributed by atoms with Gasteiger partial charge in [-0.05, 0) is 18.6 Å². The van der Waals surface area contributed by atoms with Gasteiger partial charge >= 0.3 is 0 Å². The van der Waals surface area contributed by atoms with Crippen LogP contribution in [0.2, 0.25) is 5.02 Å². The first-order valence-electron chi connectivity index (χ1n) is 9.54. The van der Waals surface area contributed by atoms with Crippen LogP contribution in [0.15, 0.2) is 33.7 Å². The van der Waals surface area contributed by atoms with Crippen molar-refractivity contribution in [2.24, 2.45) is 0 Å². The van der Waals surface area contributed by atoms with Gasteiger partial charge in [-0.15, -0.1) is 0 Å². The predicted molar refractivity (Wildman–Crippen MR) is 108 cm³/mol. The Morgan fingerprint density at radius 3 is 2.72 bits per heavy atom. The first-order valence-corrected chi connectivity index (χ1v) is 11.4. The van der Waals surface area contributed by atoms with Gasteiger partial charge in [0.25, 0.3) is 0 Å². The molecule has 1 aromatic carbocycles. The number of hydrogen-bond donors (Lipinski definition) is 0. The zero-order chi connectivity index (χ0) is 21.2. The zero-order valence-electron chi connectivity index (χ0n) is 16.7. The van der Waals surface area contributed by atoms with Crippen molar-refractivity contribution in [3.05, 3.63) is 41.0 Å². The molecule has 0 N–H and O–H groups in total. The molecule has 1 fully saturated rings. The van der Waals surface area contributed by atoms with Crippen LogP contribution < -0.4 is 0 Å². The van der Waals surface area contributed by atoms with Gasteiger partial charge in [-0.2, -0.15) is 9.29 Å². The summed E-state index contributed by atoms with van der Waals surface area (Å²) in [5, 5.41) is 4.15. The Morgan fingerprint density at radius 1 is 1.38 bits per heavy atom. The molecule has 1 aliphatic rings. The van der Waals surface area contributed by atoms with Crippen LogP contribution >= 0.6 is 11.6 Å². The topological polar surface area (TPSA) is 96.6 Å². The Morgan fingerprint density at radius 2 is 2.10 bits per heavy atom. The molecule has 2 heterocycles. The summed E-state index contributed by atoms with van der Waals surface area (Å²) in [5.41, 5.74) is 0. The number of aromatic nitrogens is 2. The fraction of sp³-hybridized carbons (Fsp3) is 0.526. The minimum absolute atomic E-state index is 0.0877. The van der Waals surface area contributed by atoms with E-state index in [2.05, 4.69) is 10.1 Å². The summed E-state index contributed by atoms with van der Waals surface area (Å²) in [7, 11) is -3.71. The quantitative estimate of drug-likeness (QED) is 0.656. The molecule has 3 rings (SSSR count). The van der Waals surface area contributed by atoms with Crippen LogP contribution in [0.3, 0.4) is 0 Å². The first-order chi connectivity index (χ1) is 13.7. The number of sulfonamides is 1. The number of amides is 1. The van der Waals surface area contributed by atoms with E-state index >= 15 is 0 Å². The fourth-order valence-corrected chi connectivity index (χ4v) is 5.38. The van der Waals surface area contributed by atoms with Gasteiger partial charge in [0.15, 0.2) is 5.82 Å². The molecule has 29 heavy (non-hydrogen) atoms. The Balaban J connectivity index is 1.68. The van der Waals surface area contributed by atoms with E-state index in [1.54, 1.807) is 23.1 Å². The van der Waals surface area contributed by atoms with Crippen LogP contribution in [0.1, 0.15) is 44.8 Å². The minimum Gasteiger partial charge on any atom is -0.339 e. The highest BCUT2D eigenvalue weighted by Crippen LogP contribution is 2.28. The molecule has 0 bridgehead atoms. The molecular weight excluding hydrogens is 416 g/mol. The smallest absolute Gasteiger partial charge is 0.244 e. The number of hydrogen-bond acceptors (Lipinski definition) is 6. The molecule has 158 valence electrons. The number of carbonyl (C=O) groups is 1. The normalized spacial score (nSPS) is 17.8. The maximum Gasteiger partial charge on any atom is 0.244 e. The molecule has 10 heteroatoms. The van der Waals surface area contributed by atoms with Gasteiger partial charge in [-0.25, -0.2) is 8.42 Å². The second-order valence-corrected chi connectivity index (χ2v) is 9.72. The molecule has 1 aromatic heterocycles. The van der Waals surface area contributed by atoms with Gasteiger partial charge in [0.1, 0.15) is 4.90 Å². The van der Waals surface area contributed by atoms with Crippen molar-refractivity contribution in [3.63, 3.8) is 0 Å². The number of carbonyl (C=O) groups excluding carboxylic acids is 1. The third-order valence-corrected chi connectivity index (χ3v) is 7.34. The molecule has 8 nitrogen and oxygen atoms in total. The molecule has 1 amide bonds. The van der Waals surface area contributed by atoms with Crippen molar-refractivity contribution in [1.29, 1.82) is 0 Å². The maximum atomic E-state index is 12.9. The van der Waals surface area contributed by atoms with Crippen molar-refractivity contribution >= 4 is 27.5 Å². The second-order valence-electron chi connectivity index (χ2n) is 7.40. The number of benzene rings is 1. The molecule has 0 radical (unpaired) electrons. The summed E-state index contributed by atoms with van der Waals surface area (Å²) in [6.07, 6.45) is 1.01. The van der Waals surface area contributed by atoms with Gasteiger partial charge in [-0.1, -0.05) is 42.7 Å². The number of halogens is 1. The molecular formula is C19H25ClN4O4S. The lowest BCUT2D eigenvalue weighted by atomic mass is 10.2. The molecule has 2 aromatic rings. The van der Waals surface area contributed by atoms with Crippen LogP contribution in [0, 0.1) is 0 Å². The van der Waals surface area contributed by atoms with E-state index in [-0.39, 0.29) is 34.3 Å². The highest BCUT2D eigenvalue weighted by molar-refractivity contribution is 7.89. The Hall–Kier alpha value is -1.97. The van der Waals surface area contributed by atoms with E-state index in [1.165, 1.54) is 17.3 Å². The van der Waals surface area contributed by atoms with E-state index in [9.17, 15) is 13.2 Å². The largest absolute Gasteiger partial charge is 0.339 e. The van der Waals surface area contributed by atoms with Gasteiger partial charge in [-0.3, -0.25) is 4.79 Å². The average molecular weight is 441 g/mol. The molecule has 1 saturated heterocycles. The highest BCUT2D eigenvalue weighted by Gasteiger charge is 2.36. The van der Waals surface area contributed by atoms with E-state index in [0.717, 1.165) is 0 Å². The number of rotatable bonds is 7. The second kappa shape index (κ2) is 8.81. The first kappa shape index (κ1) is 21.7. The van der Waals surface area contributed by atoms with Crippen molar-refractivity contribution in [2.45, 2.75) is 50.5 Å². The van der Waals surface area contributed by atoms with Crippen molar-refractivity contribution in [2.75, 3.05) is 19.6 Å². The fourth-order valence-electron chi connectivity index (χ4n) is 3.40. The van der Waals surface area contributed by atoms with Gasteiger partial charge in [0.2, 0.25) is 21.8 Å². The molecule has 1 atom stereocenters. The molecule has 0 aliphatic carbocycles. The van der Waals surface area contributed by atoms with E-state index in [1.807, 2.05) is 13.8 Å². The lowest BCUT2D eigenvalue weighted by Gasteiger charge is -2.27. The average Bonchev–Trinajstić information content (AvgIpc) is 3.32. The Bertz CT molecular complexity index is 976. The van der Waals surface area contributed by atoms with Crippen molar-refractivity contribution in [3.8, 4) is 0 Å².